The number of nitrogens with zero attached hydrogens (tertiary/aromatic N) is 1. The second kappa shape index (κ2) is 7.78. The SMILES string of the molecule is Cc1ccc(S(=O)(=O)N2CCCC2)cc1C(=O)N[C@@H](C)c1ccc(F)cc1. The number of sulfonamides is 1. The number of carbonyl (C=O) groups is 1. The maximum atomic E-state index is 13.1. The van der Waals surface area contributed by atoms with Gasteiger partial charge in [0.2, 0.25) is 10.0 Å². The fraction of sp³-hybridized carbons (Fsp3) is 0.350. The smallest absolute Gasteiger partial charge is 0.252 e. The molecule has 5 nitrogen and oxygen atoms in total. The van der Waals surface area contributed by atoms with Gasteiger partial charge in [-0.2, -0.15) is 4.31 Å². The molecule has 0 aliphatic carbocycles. The molecule has 1 amide bonds. The molecule has 0 bridgehead atoms. The molecule has 0 unspecified atom stereocenters. The molecule has 0 saturated carbocycles. The van der Waals surface area contributed by atoms with E-state index in [1.165, 1.54) is 22.5 Å². The molecule has 2 aromatic rings. The second-order valence-electron chi connectivity index (χ2n) is 6.83. The highest BCUT2D eigenvalue weighted by atomic mass is 32.2. The Balaban J connectivity index is 1.83. The van der Waals surface area contributed by atoms with Gasteiger partial charge in [-0.25, -0.2) is 12.8 Å². The third kappa shape index (κ3) is 4.20. The highest BCUT2D eigenvalue weighted by Crippen LogP contribution is 2.23. The van der Waals surface area contributed by atoms with E-state index < -0.39 is 10.0 Å². The van der Waals surface area contributed by atoms with Crippen LogP contribution in [-0.2, 0) is 10.0 Å². The summed E-state index contributed by atoms with van der Waals surface area (Å²) in [5.41, 5.74) is 1.78. The second-order valence-corrected chi connectivity index (χ2v) is 8.77. The predicted octanol–water partition coefficient (Wildman–Crippen LogP) is 3.41. The minimum absolute atomic E-state index is 0.134. The fourth-order valence-electron chi connectivity index (χ4n) is 3.19. The van der Waals surface area contributed by atoms with E-state index in [0.717, 1.165) is 18.4 Å². The summed E-state index contributed by atoms with van der Waals surface area (Å²) < 4.78 is 40.0. The Bertz CT molecular complexity index is 936. The number of benzene rings is 2. The molecule has 2 aromatic carbocycles. The number of aryl methyl sites for hydroxylation is 1. The van der Waals surface area contributed by atoms with Crippen molar-refractivity contribution in [2.45, 2.75) is 37.6 Å². The Hall–Kier alpha value is -2.25. The summed E-state index contributed by atoms with van der Waals surface area (Å²) in [4.78, 5) is 12.9. The lowest BCUT2D eigenvalue weighted by molar-refractivity contribution is 0.0939. The predicted molar refractivity (Wildman–Crippen MR) is 101 cm³/mol. The minimum Gasteiger partial charge on any atom is -0.346 e. The van der Waals surface area contributed by atoms with Crippen molar-refractivity contribution in [3.63, 3.8) is 0 Å². The number of hydrogen-bond donors (Lipinski definition) is 1. The average molecular weight is 390 g/mol. The normalized spacial score (nSPS) is 16.3. The molecule has 0 radical (unpaired) electrons. The van der Waals surface area contributed by atoms with Gasteiger partial charge in [0.1, 0.15) is 5.82 Å². The van der Waals surface area contributed by atoms with E-state index in [4.69, 9.17) is 0 Å². The summed E-state index contributed by atoms with van der Waals surface area (Å²) in [5, 5.41) is 2.85. The van der Waals surface area contributed by atoms with Crippen LogP contribution in [0.5, 0.6) is 0 Å². The van der Waals surface area contributed by atoms with E-state index in [1.807, 2.05) is 0 Å². The van der Waals surface area contributed by atoms with E-state index >= 15 is 0 Å². The van der Waals surface area contributed by atoms with Gasteiger partial charge < -0.3 is 5.32 Å². The summed E-state index contributed by atoms with van der Waals surface area (Å²) in [7, 11) is -3.59. The number of carbonyl (C=O) groups excluding carboxylic acids is 1. The third-order valence-corrected chi connectivity index (χ3v) is 6.77. The maximum absolute atomic E-state index is 13.1. The summed E-state index contributed by atoms with van der Waals surface area (Å²) in [6.45, 7) is 4.59. The Kier molecular flexibility index (Phi) is 5.62. The molecule has 1 fully saturated rings. The Labute approximate surface area is 159 Å². The van der Waals surface area contributed by atoms with E-state index in [0.29, 0.717) is 24.2 Å². The lowest BCUT2D eigenvalue weighted by Gasteiger charge is -2.18. The molecule has 7 heteroatoms. The molecule has 27 heavy (non-hydrogen) atoms. The molecule has 144 valence electrons. The molecule has 1 aliphatic rings. The first-order valence-electron chi connectivity index (χ1n) is 8.96. The van der Waals surface area contributed by atoms with Gasteiger partial charge in [0.15, 0.2) is 0 Å². The van der Waals surface area contributed by atoms with Crippen LogP contribution in [0.3, 0.4) is 0 Å². The standard InChI is InChI=1S/C20H23FN2O3S/c1-14-5-10-18(27(25,26)23-11-3-4-12-23)13-19(14)20(24)22-15(2)16-6-8-17(21)9-7-16/h5-10,13,15H,3-4,11-12H2,1-2H3,(H,22,24)/t15-/m0/s1. The van der Waals surface area contributed by atoms with Crippen LogP contribution in [0, 0.1) is 12.7 Å². The molecule has 3 rings (SSSR count). The highest BCUT2D eigenvalue weighted by Gasteiger charge is 2.28. The summed E-state index contributed by atoms with van der Waals surface area (Å²) in [6, 6.07) is 10.2. The molecular weight excluding hydrogens is 367 g/mol. The summed E-state index contributed by atoms with van der Waals surface area (Å²) >= 11 is 0. The topological polar surface area (TPSA) is 66.5 Å². The van der Waals surface area contributed by atoms with Gasteiger partial charge in [0.25, 0.3) is 5.91 Å². The van der Waals surface area contributed by atoms with Crippen molar-refractivity contribution in [3.05, 3.63) is 65.0 Å². The molecule has 1 aliphatic heterocycles. The van der Waals surface area contributed by atoms with Crippen molar-refractivity contribution in [1.82, 2.24) is 9.62 Å². The van der Waals surface area contributed by atoms with Gasteiger partial charge in [-0.05, 0) is 62.1 Å². The molecular formula is C20H23FN2O3S. The largest absolute Gasteiger partial charge is 0.346 e. The number of rotatable bonds is 5. The van der Waals surface area contributed by atoms with Crippen molar-refractivity contribution in [1.29, 1.82) is 0 Å². The highest BCUT2D eigenvalue weighted by molar-refractivity contribution is 7.89. The Morgan fingerprint density at radius 3 is 2.37 bits per heavy atom. The molecule has 0 spiro atoms. The lowest BCUT2D eigenvalue weighted by atomic mass is 10.1. The van der Waals surface area contributed by atoms with E-state index in [-0.39, 0.29) is 22.7 Å². The molecule has 1 saturated heterocycles. The Morgan fingerprint density at radius 1 is 1.11 bits per heavy atom. The number of nitrogens with one attached hydrogen (secondary N) is 1. The van der Waals surface area contributed by atoms with E-state index in [1.54, 1.807) is 38.1 Å². The van der Waals surface area contributed by atoms with Gasteiger partial charge in [0.05, 0.1) is 10.9 Å². The number of halogens is 1. The van der Waals surface area contributed by atoms with Crippen LogP contribution in [0.1, 0.15) is 47.3 Å². The van der Waals surface area contributed by atoms with Crippen LogP contribution in [0.2, 0.25) is 0 Å². The maximum Gasteiger partial charge on any atom is 0.252 e. The fourth-order valence-corrected chi connectivity index (χ4v) is 4.74. The molecule has 1 heterocycles. The quantitative estimate of drug-likeness (QED) is 0.851. The van der Waals surface area contributed by atoms with Gasteiger partial charge in [-0.15, -0.1) is 0 Å². The van der Waals surface area contributed by atoms with Crippen LogP contribution in [-0.4, -0.2) is 31.7 Å². The van der Waals surface area contributed by atoms with Crippen LogP contribution in [0.25, 0.3) is 0 Å². The summed E-state index contributed by atoms with van der Waals surface area (Å²) in [5.74, 6) is -0.698. The van der Waals surface area contributed by atoms with Gasteiger partial charge in [-0.3, -0.25) is 4.79 Å². The van der Waals surface area contributed by atoms with Crippen molar-refractivity contribution in [3.8, 4) is 0 Å². The van der Waals surface area contributed by atoms with Crippen molar-refractivity contribution in [2.75, 3.05) is 13.1 Å². The molecule has 1 atom stereocenters. The van der Waals surface area contributed by atoms with Crippen molar-refractivity contribution < 1.29 is 17.6 Å². The van der Waals surface area contributed by atoms with Crippen molar-refractivity contribution >= 4 is 15.9 Å². The minimum atomic E-state index is -3.59. The lowest BCUT2D eigenvalue weighted by Crippen LogP contribution is -2.29. The van der Waals surface area contributed by atoms with Crippen molar-refractivity contribution in [2.24, 2.45) is 0 Å². The zero-order chi connectivity index (χ0) is 19.6. The van der Waals surface area contributed by atoms with E-state index in [9.17, 15) is 17.6 Å². The zero-order valence-corrected chi connectivity index (χ0v) is 16.2. The number of amides is 1. The average Bonchev–Trinajstić information content (AvgIpc) is 3.18. The first-order chi connectivity index (χ1) is 12.8. The van der Waals surface area contributed by atoms with E-state index in [2.05, 4.69) is 5.32 Å². The van der Waals surface area contributed by atoms with Crippen LogP contribution < -0.4 is 5.32 Å². The number of hydrogen-bond acceptors (Lipinski definition) is 3. The summed E-state index contributed by atoms with van der Waals surface area (Å²) in [6.07, 6.45) is 1.71. The zero-order valence-electron chi connectivity index (χ0n) is 15.4. The van der Waals surface area contributed by atoms with Gasteiger partial charge in [0, 0.05) is 18.7 Å². The van der Waals surface area contributed by atoms with Gasteiger partial charge in [-0.1, -0.05) is 18.2 Å². The van der Waals surface area contributed by atoms with Crippen LogP contribution in [0.4, 0.5) is 4.39 Å². The molecule has 0 aromatic heterocycles. The van der Waals surface area contributed by atoms with Crippen LogP contribution >= 0.6 is 0 Å². The Morgan fingerprint density at radius 2 is 1.74 bits per heavy atom. The third-order valence-electron chi connectivity index (χ3n) is 4.87. The van der Waals surface area contributed by atoms with Crippen LogP contribution in [0.15, 0.2) is 47.4 Å². The first-order valence-corrected chi connectivity index (χ1v) is 10.4. The monoisotopic (exact) mass is 390 g/mol. The van der Waals surface area contributed by atoms with Gasteiger partial charge >= 0.3 is 0 Å². The molecule has 1 N–H and O–H groups in total. The first kappa shape index (κ1) is 19.5.